The second kappa shape index (κ2) is 4.86. The van der Waals surface area contributed by atoms with Gasteiger partial charge in [0.2, 0.25) is 0 Å². The van der Waals surface area contributed by atoms with Gasteiger partial charge in [0, 0.05) is 0 Å². The highest BCUT2D eigenvalue weighted by atomic mass is 16.3. The van der Waals surface area contributed by atoms with Crippen LogP contribution in [0.2, 0.25) is 0 Å². The molecule has 1 nitrogen and oxygen atoms in total. The molecule has 0 aliphatic heterocycles. The molecule has 1 rings (SSSR count). The minimum atomic E-state index is -0.343. The Kier molecular flexibility index (Phi) is 4.22. The van der Waals surface area contributed by atoms with Crippen LogP contribution in [0.25, 0.3) is 0 Å². The third-order valence-electron chi connectivity index (χ3n) is 4.04. The van der Waals surface area contributed by atoms with Crippen molar-refractivity contribution in [3.63, 3.8) is 0 Å². The first kappa shape index (κ1) is 13.0. The van der Waals surface area contributed by atoms with Crippen LogP contribution in [0.1, 0.15) is 72.6 Å². The molecule has 15 heavy (non-hydrogen) atoms. The van der Waals surface area contributed by atoms with Gasteiger partial charge in [-0.3, -0.25) is 0 Å². The molecule has 1 unspecified atom stereocenters. The van der Waals surface area contributed by atoms with Crippen LogP contribution in [-0.2, 0) is 0 Å². The summed E-state index contributed by atoms with van der Waals surface area (Å²) in [6, 6.07) is 0. The SMILES string of the molecule is CCCC(C)CC1(O)CCC(C)(C)CC1. The van der Waals surface area contributed by atoms with Crippen LogP contribution in [0.5, 0.6) is 0 Å². The molecule has 1 saturated carbocycles. The van der Waals surface area contributed by atoms with E-state index in [1.807, 2.05) is 0 Å². The second-order valence-corrected chi connectivity index (χ2v) is 6.49. The van der Waals surface area contributed by atoms with Gasteiger partial charge >= 0.3 is 0 Å². The van der Waals surface area contributed by atoms with Crippen LogP contribution >= 0.6 is 0 Å². The third-order valence-corrected chi connectivity index (χ3v) is 4.04. The molecule has 0 aromatic rings. The van der Waals surface area contributed by atoms with Crippen molar-refractivity contribution < 1.29 is 5.11 Å². The van der Waals surface area contributed by atoms with Gasteiger partial charge in [-0.25, -0.2) is 0 Å². The summed E-state index contributed by atoms with van der Waals surface area (Å²) in [5.74, 6) is 0.682. The average molecular weight is 212 g/mol. The molecule has 0 aromatic carbocycles. The van der Waals surface area contributed by atoms with E-state index in [9.17, 15) is 5.11 Å². The molecular weight excluding hydrogens is 184 g/mol. The normalized spacial score (nSPS) is 26.2. The van der Waals surface area contributed by atoms with Crippen molar-refractivity contribution in [1.29, 1.82) is 0 Å². The summed E-state index contributed by atoms with van der Waals surface area (Å²) in [5, 5.41) is 10.5. The maximum Gasteiger partial charge on any atom is 0.0650 e. The van der Waals surface area contributed by atoms with Crippen molar-refractivity contribution in [2.75, 3.05) is 0 Å². The Morgan fingerprint density at radius 3 is 2.13 bits per heavy atom. The van der Waals surface area contributed by atoms with Gasteiger partial charge in [-0.2, -0.15) is 0 Å². The monoisotopic (exact) mass is 212 g/mol. The highest BCUT2D eigenvalue weighted by molar-refractivity contribution is 4.89. The highest BCUT2D eigenvalue weighted by Gasteiger charge is 2.37. The van der Waals surface area contributed by atoms with Crippen molar-refractivity contribution in [3.05, 3.63) is 0 Å². The summed E-state index contributed by atoms with van der Waals surface area (Å²) in [7, 11) is 0. The lowest BCUT2D eigenvalue weighted by atomic mass is 9.68. The smallest absolute Gasteiger partial charge is 0.0650 e. The second-order valence-electron chi connectivity index (χ2n) is 6.49. The van der Waals surface area contributed by atoms with Crippen LogP contribution in [0, 0.1) is 11.3 Å². The van der Waals surface area contributed by atoms with Crippen LogP contribution in [-0.4, -0.2) is 10.7 Å². The highest BCUT2D eigenvalue weighted by Crippen LogP contribution is 2.42. The molecule has 90 valence electrons. The Labute approximate surface area is 95.3 Å². The van der Waals surface area contributed by atoms with E-state index < -0.39 is 0 Å². The van der Waals surface area contributed by atoms with E-state index in [0.717, 1.165) is 19.3 Å². The summed E-state index contributed by atoms with van der Waals surface area (Å²) in [6.07, 6.45) is 7.89. The Morgan fingerprint density at radius 2 is 1.67 bits per heavy atom. The number of hydrogen-bond donors (Lipinski definition) is 1. The Balaban J connectivity index is 2.41. The van der Waals surface area contributed by atoms with Crippen LogP contribution in [0.15, 0.2) is 0 Å². The van der Waals surface area contributed by atoms with Gasteiger partial charge in [0.15, 0.2) is 0 Å². The van der Waals surface area contributed by atoms with Gasteiger partial charge in [-0.1, -0.05) is 40.5 Å². The molecule has 0 radical (unpaired) electrons. The summed E-state index contributed by atoms with van der Waals surface area (Å²) in [5.41, 5.74) is 0.115. The first-order chi connectivity index (χ1) is 6.87. The van der Waals surface area contributed by atoms with Gasteiger partial charge < -0.3 is 5.11 Å². The fourth-order valence-electron chi connectivity index (χ4n) is 2.84. The van der Waals surface area contributed by atoms with Crippen molar-refractivity contribution in [3.8, 4) is 0 Å². The molecule has 1 aliphatic rings. The van der Waals surface area contributed by atoms with Gasteiger partial charge in [0.05, 0.1) is 5.60 Å². The fraction of sp³-hybridized carbons (Fsp3) is 1.00. The lowest BCUT2D eigenvalue weighted by molar-refractivity contribution is -0.0426. The minimum Gasteiger partial charge on any atom is -0.390 e. The van der Waals surface area contributed by atoms with Crippen LogP contribution in [0.4, 0.5) is 0 Å². The summed E-state index contributed by atoms with van der Waals surface area (Å²) in [4.78, 5) is 0. The number of rotatable bonds is 4. The molecule has 0 amide bonds. The fourth-order valence-corrected chi connectivity index (χ4v) is 2.84. The molecular formula is C14H28O. The van der Waals surface area contributed by atoms with Crippen LogP contribution in [0.3, 0.4) is 0 Å². The Morgan fingerprint density at radius 1 is 1.13 bits per heavy atom. The van der Waals surface area contributed by atoms with Crippen molar-refractivity contribution in [2.24, 2.45) is 11.3 Å². The quantitative estimate of drug-likeness (QED) is 0.742. The lowest BCUT2D eigenvalue weighted by Crippen LogP contribution is -2.38. The van der Waals surface area contributed by atoms with E-state index in [-0.39, 0.29) is 5.60 Å². The van der Waals surface area contributed by atoms with E-state index in [4.69, 9.17) is 0 Å². The standard InChI is InChI=1S/C14H28O/c1-5-6-12(2)11-14(15)9-7-13(3,4)8-10-14/h12,15H,5-11H2,1-4H3. The summed E-state index contributed by atoms with van der Waals surface area (Å²) >= 11 is 0. The topological polar surface area (TPSA) is 20.2 Å². The van der Waals surface area contributed by atoms with Gasteiger partial charge in [0.1, 0.15) is 0 Å². The lowest BCUT2D eigenvalue weighted by Gasteiger charge is -2.41. The summed E-state index contributed by atoms with van der Waals surface area (Å²) < 4.78 is 0. The zero-order chi connectivity index (χ0) is 11.5. The zero-order valence-corrected chi connectivity index (χ0v) is 11.0. The van der Waals surface area contributed by atoms with E-state index in [0.29, 0.717) is 11.3 Å². The maximum atomic E-state index is 10.5. The molecule has 0 aromatic heterocycles. The van der Waals surface area contributed by atoms with E-state index in [2.05, 4.69) is 27.7 Å². The molecule has 0 heterocycles. The van der Waals surface area contributed by atoms with Crippen molar-refractivity contribution in [1.82, 2.24) is 0 Å². The Bertz CT molecular complexity index is 186. The molecule has 1 heteroatoms. The predicted molar refractivity (Wildman–Crippen MR) is 65.9 cm³/mol. The molecule has 1 fully saturated rings. The summed E-state index contributed by atoms with van der Waals surface area (Å²) in [6.45, 7) is 9.15. The predicted octanol–water partition coefficient (Wildman–Crippen LogP) is 4.14. The molecule has 0 spiro atoms. The van der Waals surface area contributed by atoms with Crippen molar-refractivity contribution in [2.45, 2.75) is 78.2 Å². The largest absolute Gasteiger partial charge is 0.390 e. The van der Waals surface area contributed by atoms with Crippen LogP contribution < -0.4 is 0 Å². The molecule has 1 aliphatic carbocycles. The molecule has 0 bridgehead atoms. The molecule has 1 N–H and O–H groups in total. The van der Waals surface area contributed by atoms with Gasteiger partial charge in [0.25, 0.3) is 0 Å². The number of aliphatic hydroxyl groups is 1. The number of hydrogen-bond acceptors (Lipinski definition) is 1. The maximum absolute atomic E-state index is 10.5. The zero-order valence-electron chi connectivity index (χ0n) is 11.0. The third kappa shape index (κ3) is 4.14. The molecule has 0 saturated heterocycles. The first-order valence-corrected chi connectivity index (χ1v) is 6.59. The van der Waals surface area contributed by atoms with Gasteiger partial charge in [-0.15, -0.1) is 0 Å². The Hall–Kier alpha value is -0.0400. The van der Waals surface area contributed by atoms with Gasteiger partial charge in [-0.05, 0) is 43.4 Å². The van der Waals surface area contributed by atoms with Crippen molar-refractivity contribution >= 4 is 0 Å². The minimum absolute atomic E-state index is 0.343. The van der Waals surface area contributed by atoms with E-state index >= 15 is 0 Å². The molecule has 1 atom stereocenters. The van der Waals surface area contributed by atoms with E-state index in [1.165, 1.54) is 25.7 Å². The average Bonchev–Trinajstić information content (AvgIpc) is 2.12. The first-order valence-electron chi connectivity index (χ1n) is 6.59. The van der Waals surface area contributed by atoms with E-state index in [1.54, 1.807) is 0 Å².